The highest BCUT2D eigenvalue weighted by Crippen LogP contribution is 2.38. The molecule has 104 valence electrons. The Hall–Kier alpha value is -1.37. The molecule has 0 amide bonds. The summed E-state index contributed by atoms with van der Waals surface area (Å²) in [5.74, 6) is 0. The van der Waals surface area contributed by atoms with Crippen molar-refractivity contribution in [2.75, 3.05) is 0 Å². The minimum Gasteiger partial charge on any atom is -0.304 e. The molecule has 0 saturated carbocycles. The summed E-state index contributed by atoms with van der Waals surface area (Å²) in [4.78, 5) is 0. The second kappa shape index (κ2) is 4.06. The first kappa shape index (κ1) is 14.0. The van der Waals surface area contributed by atoms with Gasteiger partial charge < -0.3 is 4.40 Å². The lowest BCUT2D eigenvalue weighted by Gasteiger charge is -2.10. The third kappa shape index (κ3) is 2.39. The van der Waals surface area contributed by atoms with Crippen molar-refractivity contribution in [1.29, 1.82) is 0 Å². The monoisotopic (exact) mass is 301 g/mol. The van der Waals surface area contributed by atoms with Gasteiger partial charge in [0.05, 0.1) is 11.1 Å². The molecule has 19 heavy (non-hydrogen) atoms. The predicted molar refractivity (Wildman–Crippen MR) is 57.1 cm³/mol. The standard InChI is InChI=1S/C11H6ClF6N/c1-5-8(11(16,17)18)4-7-2-6(10(13,14)15)3-9(12)19(5)7/h2-4H,1H3. The third-order valence-corrected chi connectivity index (χ3v) is 2.98. The van der Waals surface area contributed by atoms with Crippen molar-refractivity contribution in [2.24, 2.45) is 0 Å². The number of rotatable bonds is 0. The molecule has 8 heteroatoms. The highest BCUT2D eigenvalue weighted by Gasteiger charge is 2.36. The van der Waals surface area contributed by atoms with Crippen LogP contribution in [0.4, 0.5) is 26.3 Å². The molecule has 2 rings (SSSR count). The van der Waals surface area contributed by atoms with E-state index in [0.717, 1.165) is 11.3 Å². The molecule has 0 atom stereocenters. The fourth-order valence-electron chi connectivity index (χ4n) is 1.87. The summed E-state index contributed by atoms with van der Waals surface area (Å²) in [5.41, 5.74) is -2.59. The van der Waals surface area contributed by atoms with Crippen LogP contribution in [0.3, 0.4) is 0 Å². The van der Waals surface area contributed by atoms with Gasteiger partial charge in [-0.3, -0.25) is 0 Å². The first-order valence-electron chi connectivity index (χ1n) is 4.98. The molecule has 1 nitrogen and oxygen atoms in total. The molecule has 0 spiro atoms. The maximum absolute atomic E-state index is 12.7. The van der Waals surface area contributed by atoms with Crippen LogP contribution in [-0.4, -0.2) is 4.40 Å². The van der Waals surface area contributed by atoms with Gasteiger partial charge in [0, 0.05) is 11.2 Å². The van der Waals surface area contributed by atoms with Gasteiger partial charge in [0.2, 0.25) is 0 Å². The Morgan fingerprint density at radius 2 is 1.53 bits per heavy atom. The number of halogens is 7. The largest absolute Gasteiger partial charge is 0.418 e. The average molecular weight is 302 g/mol. The van der Waals surface area contributed by atoms with Crippen LogP contribution < -0.4 is 0 Å². The highest BCUT2D eigenvalue weighted by atomic mass is 35.5. The predicted octanol–water partition coefficient (Wildman–Crippen LogP) is 4.94. The van der Waals surface area contributed by atoms with Crippen LogP contribution in [0.25, 0.3) is 5.52 Å². The molecule has 0 aromatic carbocycles. The van der Waals surface area contributed by atoms with Crippen molar-refractivity contribution in [3.8, 4) is 0 Å². The molecule has 0 aliphatic heterocycles. The Morgan fingerprint density at radius 1 is 0.947 bits per heavy atom. The summed E-state index contributed by atoms with van der Waals surface area (Å²) in [5, 5.41) is -0.419. The van der Waals surface area contributed by atoms with Crippen LogP contribution in [0.1, 0.15) is 16.8 Å². The molecule has 0 fully saturated rings. The minimum absolute atomic E-state index is 0.246. The van der Waals surface area contributed by atoms with Crippen molar-refractivity contribution < 1.29 is 26.3 Å². The fraction of sp³-hybridized carbons (Fsp3) is 0.273. The van der Waals surface area contributed by atoms with Gasteiger partial charge in [-0.1, -0.05) is 11.6 Å². The summed E-state index contributed by atoms with van der Waals surface area (Å²) in [6.45, 7) is 1.15. The van der Waals surface area contributed by atoms with Gasteiger partial charge in [-0.25, -0.2) is 0 Å². The van der Waals surface area contributed by atoms with Crippen LogP contribution in [0.5, 0.6) is 0 Å². The zero-order valence-corrected chi connectivity index (χ0v) is 10.1. The topological polar surface area (TPSA) is 4.41 Å². The van der Waals surface area contributed by atoms with Crippen molar-refractivity contribution >= 4 is 17.1 Å². The molecule has 2 heterocycles. The van der Waals surface area contributed by atoms with Gasteiger partial charge in [-0.05, 0) is 25.1 Å². The average Bonchev–Trinajstić information content (AvgIpc) is 2.54. The van der Waals surface area contributed by atoms with Crippen molar-refractivity contribution in [3.63, 3.8) is 0 Å². The summed E-state index contributed by atoms with van der Waals surface area (Å²) in [6, 6.07) is 1.88. The Kier molecular flexibility index (Phi) is 3.00. The van der Waals surface area contributed by atoms with E-state index < -0.39 is 28.6 Å². The van der Waals surface area contributed by atoms with Crippen molar-refractivity contribution in [2.45, 2.75) is 19.3 Å². The maximum atomic E-state index is 12.7. The van der Waals surface area contributed by atoms with Crippen LogP contribution in [0.2, 0.25) is 5.15 Å². The van der Waals surface area contributed by atoms with Crippen molar-refractivity contribution in [3.05, 3.63) is 40.2 Å². The number of pyridine rings is 1. The van der Waals surface area contributed by atoms with Crippen molar-refractivity contribution in [1.82, 2.24) is 4.40 Å². The van der Waals surface area contributed by atoms with Gasteiger partial charge in [0.25, 0.3) is 0 Å². The van der Waals surface area contributed by atoms with E-state index in [0.29, 0.717) is 18.2 Å². The molecule has 0 bridgehead atoms. The summed E-state index contributed by atoms with van der Waals surface area (Å²) in [6.07, 6.45) is -9.31. The Labute approximate surface area is 108 Å². The smallest absolute Gasteiger partial charge is 0.304 e. The fourth-order valence-corrected chi connectivity index (χ4v) is 2.21. The van der Waals surface area contributed by atoms with Gasteiger partial charge in [0.1, 0.15) is 5.15 Å². The van der Waals surface area contributed by atoms with E-state index in [1.54, 1.807) is 0 Å². The van der Waals surface area contributed by atoms with E-state index in [2.05, 4.69) is 0 Å². The van der Waals surface area contributed by atoms with E-state index in [4.69, 9.17) is 11.6 Å². The zero-order chi connectivity index (χ0) is 14.6. The number of aryl methyl sites for hydroxylation is 1. The second-order valence-electron chi connectivity index (χ2n) is 3.97. The van der Waals surface area contributed by atoms with Gasteiger partial charge in [-0.2, -0.15) is 26.3 Å². The van der Waals surface area contributed by atoms with Crippen LogP contribution in [0.15, 0.2) is 18.2 Å². The number of aromatic nitrogens is 1. The molecule has 0 radical (unpaired) electrons. The molecule has 0 aliphatic carbocycles. The van der Waals surface area contributed by atoms with E-state index in [1.165, 1.54) is 0 Å². The number of fused-ring (bicyclic) bond motifs is 1. The van der Waals surface area contributed by atoms with E-state index in [-0.39, 0.29) is 11.2 Å². The lowest BCUT2D eigenvalue weighted by atomic mass is 10.2. The molecule has 2 aromatic heterocycles. The number of hydrogen-bond acceptors (Lipinski definition) is 0. The van der Waals surface area contributed by atoms with Crippen LogP contribution in [0, 0.1) is 6.92 Å². The number of alkyl halides is 6. The first-order chi connectivity index (χ1) is 8.51. The molecule has 0 N–H and O–H groups in total. The van der Waals surface area contributed by atoms with E-state index in [1.807, 2.05) is 0 Å². The normalized spacial score (nSPS) is 13.3. The Bertz CT molecular complexity index is 637. The SMILES string of the molecule is Cc1c(C(F)(F)F)cc2cc(C(F)(F)F)cc(Cl)n12. The van der Waals surface area contributed by atoms with Gasteiger partial charge in [0.15, 0.2) is 0 Å². The molecule has 2 aromatic rings. The van der Waals surface area contributed by atoms with Gasteiger partial charge >= 0.3 is 12.4 Å². The quantitative estimate of drug-likeness (QED) is 0.479. The maximum Gasteiger partial charge on any atom is 0.418 e. The van der Waals surface area contributed by atoms with Gasteiger partial charge in [-0.15, -0.1) is 0 Å². The molecule has 0 unspecified atom stereocenters. The molecular weight excluding hydrogens is 296 g/mol. The lowest BCUT2D eigenvalue weighted by molar-refractivity contribution is -0.138. The zero-order valence-electron chi connectivity index (χ0n) is 9.33. The Balaban J connectivity index is 2.78. The van der Waals surface area contributed by atoms with Crippen LogP contribution >= 0.6 is 11.6 Å². The minimum atomic E-state index is -4.66. The summed E-state index contributed by atoms with van der Waals surface area (Å²) in [7, 11) is 0. The van der Waals surface area contributed by atoms with E-state index >= 15 is 0 Å². The van der Waals surface area contributed by atoms with Crippen LogP contribution in [-0.2, 0) is 12.4 Å². The third-order valence-electron chi connectivity index (χ3n) is 2.70. The molecule has 0 aliphatic rings. The molecular formula is C11H6ClF6N. The summed E-state index contributed by atoms with van der Waals surface area (Å²) >= 11 is 5.63. The summed E-state index contributed by atoms with van der Waals surface area (Å²) < 4.78 is 76.6. The molecule has 0 saturated heterocycles. The number of nitrogens with zero attached hydrogens (tertiary/aromatic N) is 1. The highest BCUT2D eigenvalue weighted by molar-refractivity contribution is 6.30. The first-order valence-corrected chi connectivity index (χ1v) is 5.35. The second-order valence-corrected chi connectivity index (χ2v) is 4.35. The van der Waals surface area contributed by atoms with E-state index in [9.17, 15) is 26.3 Å². The Morgan fingerprint density at radius 3 is 2.00 bits per heavy atom. The number of hydrogen-bond donors (Lipinski definition) is 0. The lowest BCUT2D eigenvalue weighted by Crippen LogP contribution is -2.07.